The summed E-state index contributed by atoms with van der Waals surface area (Å²) in [7, 11) is 0. The summed E-state index contributed by atoms with van der Waals surface area (Å²) in [5.74, 6) is 1.76. The molecule has 1 aromatic heterocycles. The van der Waals surface area contributed by atoms with Crippen LogP contribution in [0.3, 0.4) is 0 Å². The fourth-order valence-corrected chi connectivity index (χ4v) is 5.97. The van der Waals surface area contributed by atoms with Crippen LogP contribution >= 0.6 is 23.2 Å². The third kappa shape index (κ3) is 6.28. The molecule has 234 valence electrons. The van der Waals surface area contributed by atoms with Gasteiger partial charge in [-0.15, -0.1) is 0 Å². The van der Waals surface area contributed by atoms with Gasteiger partial charge in [-0.3, -0.25) is 4.79 Å². The van der Waals surface area contributed by atoms with Gasteiger partial charge in [0.05, 0.1) is 23.3 Å². The SMILES string of the molecule is Cc1ccccc1C1=CC(=CC2=C([O-])C(=Cc3cc(-c4ccc(Cl)cc4)[o+]c(-c4ccccc4C)c3)C2=O)C=C(c2ccc(Cl)cc2)O1. The van der Waals surface area contributed by atoms with Crippen LogP contribution in [0, 0.1) is 13.8 Å². The monoisotopic (exact) mass is 666 g/mol. The van der Waals surface area contributed by atoms with Crippen molar-refractivity contribution in [3.8, 4) is 22.6 Å². The molecule has 4 nitrogen and oxygen atoms in total. The molecule has 2 aliphatic rings. The summed E-state index contributed by atoms with van der Waals surface area (Å²) in [6.45, 7) is 4.02. The number of Topliss-reactive ketones (excluding diaryl/α,β-unsaturated/α-hetero) is 1. The Morgan fingerprint density at radius 2 is 1.23 bits per heavy atom. The molecular formula is C42H28Cl2O4. The summed E-state index contributed by atoms with van der Waals surface area (Å²) in [5.41, 5.74) is 7.10. The molecule has 0 spiro atoms. The fourth-order valence-electron chi connectivity index (χ4n) is 5.72. The average Bonchev–Trinajstić information content (AvgIpc) is 3.10. The number of halogens is 2. The Balaban J connectivity index is 1.29. The standard InChI is InChI=1S/C42H28Cl2O4/c1-25-7-3-5-9-33(25)39-23-27(21-37(47-39)29-11-15-31(43)16-12-29)19-35-41(45)36(42(35)46)20-28-22-38(30-13-17-32(44)18-14-30)48-40(24-28)34-10-6-4-8-26(34)2/h3-24H,1-2H3. The molecule has 1 aliphatic heterocycles. The highest BCUT2D eigenvalue weighted by atomic mass is 35.5. The molecule has 4 aromatic carbocycles. The Morgan fingerprint density at radius 3 is 1.85 bits per heavy atom. The highest BCUT2D eigenvalue weighted by Gasteiger charge is 2.28. The summed E-state index contributed by atoms with van der Waals surface area (Å²) in [6.07, 6.45) is 6.95. The second-order valence-corrected chi connectivity index (χ2v) is 12.5. The van der Waals surface area contributed by atoms with Crippen LogP contribution in [0.25, 0.3) is 40.2 Å². The lowest BCUT2D eigenvalue weighted by atomic mass is 9.85. The molecule has 6 heteroatoms. The van der Waals surface area contributed by atoms with Gasteiger partial charge < -0.3 is 9.84 Å². The van der Waals surface area contributed by atoms with Crippen molar-refractivity contribution in [2.24, 2.45) is 0 Å². The van der Waals surface area contributed by atoms with Crippen LogP contribution in [-0.4, -0.2) is 5.78 Å². The van der Waals surface area contributed by atoms with E-state index in [2.05, 4.69) is 0 Å². The van der Waals surface area contributed by atoms with E-state index in [4.69, 9.17) is 32.4 Å². The molecule has 48 heavy (non-hydrogen) atoms. The number of benzene rings is 4. The van der Waals surface area contributed by atoms with E-state index in [1.54, 1.807) is 36.4 Å². The normalized spacial score (nSPS) is 16.0. The summed E-state index contributed by atoms with van der Waals surface area (Å²) in [5, 5.41) is 14.8. The van der Waals surface area contributed by atoms with Gasteiger partial charge in [-0.05, 0) is 115 Å². The van der Waals surface area contributed by atoms with Crippen molar-refractivity contribution < 1.29 is 19.1 Å². The Kier molecular flexibility index (Phi) is 8.45. The van der Waals surface area contributed by atoms with Crippen molar-refractivity contribution in [3.63, 3.8) is 0 Å². The topological polar surface area (TPSA) is 60.7 Å². The van der Waals surface area contributed by atoms with Gasteiger partial charge in [0, 0.05) is 32.3 Å². The minimum absolute atomic E-state index is 0.114. The zero-order valence-electron chi connectivity index (χ0n) is 26.1. The number of hydrogen-bond acceptors (Lipinski definition) is 3. The molecular weight excluding hydrogens is 639 g/mol. The maximum Gasteiger partial charge on any atom is 0.361 e. The van der Waals surface area contributed by atoms with Crippen molar-refractivity contribution in [2.75, 3.05) is 0 Å². The summed E-state index contributed by atoms with van der Waals surface area (Å²) >= 11 is 12.3. The van der Waals surface area contributed by atoms with Crippen LogP contribution in [0.2, 0.25) is 10.0 Å². The Morgan fingerprint density at radius 1 is 0.667 bits per heavy atom. The second kappa shape index (κ2) is 13.0. The number of allylic oxidation sites excluding steroid dienone is 6. The van der Waals surface area contributed by atoms with Gasteiger partial charge >= 0.3 is 11.5 Å². The van der Waals surface area contributed by atoms with Gasteiger partial charge in [0.2, 0.25) is 0 Å². The summed E-state index contributed by atoms with van der Waals surface area (Å²) < 4.78 is 12.7. The van der Waals surface area contributed by atoms with Gasteiger partial charge in [0.15, 0.2) is 5.78 Å². The Hall–Kier alpha value is -5.42. The lowest BCUT2D eigenvalue weighted by Crippen LogP contribution is -2.29. The van der Waals surface area contributed by atoms with Crippen molar-refractivity contribution in [2.45, 2.75) is 13.8 Å². The number of hydrogen-bond donors (Lipinski definition) is 0. The fraction of sp³-hybridized carbons (Fsp3) is 0.0476. The van der Waals surface area contributed by atoms with Crippen molar-refractivity contribution in [1.82, 2.24) is 0 Å². The van der Waals surface area contributed by atoms with E-state index in [0.717, 1.165) is 33.4 Å². The van der Waals surface area contributed by atoms with Crippen LogP contribution in [0.1, 0.15) is 27.8 Å². The predicted octanol–water partition coefficient (Wildman–Crippen LogP) is 10.4. The first-order chi connectivity index (χ1) is 23.2. The van der Waals surface area contributed by atoms with Crippen molar-refractivity contribution in [3.05, 3.63) is 188 Å². The quantitative estimate of drug-likeness (QED) is 0.134. The van der Waals surface area contributed by atoms with E-state index < -0.39 is 0 Å². The third-order valence-electron chi connectivity index (χ3n) is 8.31. The Labute approximate surface area is 288 Å². The molecule has 0 atom stereocenters. The molecule has 7 rings (SSSR count). The van der Waals surface area contributed by atoms with E-state index in [-0.39, 0.29) is 22.7 Å². The highest BCUT2D eigenvalue weighted by molar-refractivity contribution is 6.31. The molecule has 0 saturated heterocycles. The second-order valence-electron chi connectivity index (χ2n) is 11.7. The number of ketones is 1. The summed E-state index contributed by atoms with van der Waals surface area (Å²) in [4.78, 5) is 13.6. The predicted molar refractivity (Wildman–Crippen MR) is 191 cm³/mol. The van der Waals surface area contributed by atoms with E-state index in [1.165, 1.54) is 0 Å². The van der Waals surface area contributed by atoms with E-state index >= 15 is 0 Å². The lowest BCUT2D eigenvalue weighted by Gasteiger charge is -2.29. The molecule has 0 unspecified atom stereocenters. The van der Waals surface area contributed by atoms with E-state index in [9.17, 15) is 9.90 Å². The zero-order valence-corrected chi connectivity index (χ0v) is 27.6. The van der Waals surface area contributed by atoms with Gasteiger partial charge in [0.1, 0.15) is 11.5 Å². The highest BCUT2D eigenvalue weighted by Crippen LogP contribution is 2.38. The number of aryl methyl sites for hydroxylation is 2. The van der Waals surface area contributed by atoms with Crippen LogP contribution in [0.4, 0.5) is 0 Å². The maximum absolute atomic E-state index is 13.6. The van der Waals surface area contributed by atoms with Crippen LogP contribution in [-0.2, 0) is 9.53 Å². The maximum atomic E-state index is 13.6. The molecule has 0 bridgehead atoms. The molecule has 0 N–H and O–H groups in total. The van der Waals surface area contributed by atoms with E-state index in [1.807, 2.05) is 111 Å². The summed E-state index contributed by atoms with van der Waals surface area (Å²) in [6, 6.07) is 34.1. The number of carbonyl (C=O) groups is 1. The number of ether oxygens (including phenoxy) is 1. The minimum atomic E-state index is -0.322. The van der Waals surface area contributed by atoms with Gasteiger partial charge in [-0.25, -0.2) is 4.42 Å². The molecule has 2 heterocycles. The first kappa shape index (κ1) is 31.2. The molecule has 5 aromatic rings. The molecule has 0 amide bonds. The Bertz CT molecular complexity index is 2250. The van der Waals surface area contributed by atoms with E-state index in [0.29, 0.717) is 44.2 Å². The zero-order chi connectivity index (χ0) is 33.4. The molecule has 1 aliphatic carbocycles. The van der Waals surface area contributed by atoms with Crippen LogP contribution < -0.4 is 5.11 Å². The number of rotatable bonds is 6. The van der Waals surface area contributed by atoms with Crippen LogP contribution in [0.15, 0.2) is 154 Å². The largest absolute Gasteiger partial charge is 0.871 e. The lowest BCUT2D eigenvalue weighted by molar-refractivity contribution is -0.300. The molecule has 0 saturated carbocycles. The van der Waals surface area contributed by atoms with Gasteiger partial charge in [-0.1, -0.05) is 71.4 Å². The third-order valence-corrected chi connectivity index (χ3v) is 8.81. The van der Waals surface area contributed by atoms with Crippen molar-refractivity contribution >= 4 is 46.6 Å². The van der Waals surface area contributed by atoms with Gasteiger partial charge in [0.25, 0.3) is 0 Å². The first-order valence-electron chi connectivity index (χ1n) is 15.4. The minimum Gasteiger partial charge on any atom is -0.871 e. The van der Waals surface area contributed by atoms with Crippen LogP contribution in [0.5, 0.6) is 0 Å². The molecule has 0 fully saturated rings. The number of carbonyl (C=O) groups excluding carboxylic acids is 1. The van der Waals surface area contributed by atoms with Crippen molar-refractivity contribution in [1.29, 1.82) is 0 Å². The average molecular weight is 668 g/mol. The van der Waals surface area contributed by atoms with Gasteiger partial charge in [-0.2, -0.15) is 0 Å². The molecule has 0 radical (unpaired) electrons. The smallest absolute Gasteiger partial charge is 0.361 e. The first-order valence-corrected chi connectivity index (χ1v) is 16.1.